The number of nitrogens with one attached hydrogen (secondary N) is 1. The lowest BCUT2D eigenvalue weighted by Gasteiger charge is -2.18. The first kappa shape index (κ1) is 20.0. The van der Waals surface area contributed by atoms with Gasteiger partial charge >= 0.3 is 5.97 Å². The van der Waals surface area contributed by atoms with Gasteiger partial charge in [-0.15, -0.1) is 0 Å². The number of halogens is 2. The number of hydrazine groups is 1. The summed E-state index contributed by atoms with van der Waals surface area (Å²) in [5.74, 6) is 4.68. The summed E-state index contributed by atoms with van der Waals surface area (Å²) in [6.45, 7) is 0. The average Bonchev–Trinajstić information content (AvgIpc) is 2.71. The first-order valence-corrected chi connectivity index (χ1v) is 8.47. The van der Waals surface area contributed by atoms with Gasteiger partial charge in [0.2, 0.25) is 5.95 Å². The maximum absolute atomic E-state index is 13.3. The summed E-state index contributed by atoms with van der Waals surface area (Å²) < 4.78 is 13.3. The summed E-state index contributed by atoms with van der Waals surface area (Å²) in [6, 6.07) is 5.48. The molecule has 0 saturated heterocycles. The highest BCUT2D eigenvalue weighted by molar-refractivity contribution is 6.31. The molecule has 148 valence electrons. The van der Waals surface area contributed by atoms with Crippen molar-refractivity contribution >= 4 is 35.0 Å². The molecule has 11 heteroatoms. The summed E-state index contributed by atoms with van der Waals surface area (Å²) >= 11 is 5.79. The Morgan fingerprint density at radius 2 is 2.07 bits per heavy atom. The Bertz CT molecular complexity index is 1090. The van der Waals surface area contributed by atoms with Crippen LogP contribution in [0.5, 0.6) is 0 Å². The molecule has 0 amide bonds. The van der Waals surface area contributed by atoms with Gasteiger partial charge < -0.3 is 16.2 Å². The van der Waals surface area contributed by atoms with Crippen LogP contribution in [0.1, 0.15) is 10.4 Å². The van der Waals surface area contributed by atoms with Gasteiger partial charge in [0.05, 0.1) is 10.6 Å². The van der Waals surface area contributed by atoms with Crippen molar-refractivity contribution in [2.75, 3.05) is 10.3 Å². The number of nitrogens with zero attached hydrogens (tertiary/aromatic N) is 4. The normalized spacial score (nSPS) is 10.9. The van der Waals surface area contributed by atoms with Crippen LogP contribution in [0.3, 0.4) is 0 Å². The second kappa shape index (κ2) is 8.50. The second-order valence-corrected chi connectivity index (χ2v) is 6.11. The zero-order chi connectivity index (χ0) is 21.0. The Balaban J connectivity index is 2.04. The van der Waals surface area contributed by atoms with Crippen molar-refractivity contribution in [3.63, 3.8) is 0 Å². The Kier molecular flexibility index (Phi) is 5.86. The smallest absolute Gasteiger partial charge is 0.337 e. The molecule has 0 radical (unpaired) electrons. The Morgan fingerprint density at radius 3 is 2.76 bits per heavy atom. The van der Waals surface area contributed by atoms with Crippen molar-refractivity contribution in [2.45, 2.75) is 0 Å². The molecule has 0 bridgehead atoms. The minimum absolute atomic E-state index is 0.00505. The molecule has 9 nitrogen and oxygen atoms in total. The summed E-state index contributed by atoms with van der Waals surface area (Å²) in [4.78, 5) is 23.7. The van der Waals surface area contributed by atoms with Crippen molar-refractivity contribution in [2.24, 2.45) is 11.6 Å². The third kappa shape index (κ3) is 4.57. The van der Waals surface area contributed by atoms with Crippen LogP contribution in [0, 0.1) is 5.82 Å². The largest absolute Gasteiger partial charge is 0.478 e. The van der Waals surface area contributed by atoms with Crippen LogP contribution in [-0.2, 0) is 0 Å². The molecule has 3 rings (SSSR count). The van der Waals surface area contributed by atoms with E-state index in [2.05, 4.69) is 20.3 Å². The number of aromatic carboxylic acids is 1. The summed E-state index contributed by atoms with van der Waals surface area (Å²) in [6.07, 6.45) is 6.70. The van der Waals surface area contributed by atoms with E-state index in [9.17, 15) is 14.3 Å². The maximum atomic E-state index is 13.3. The van der Waals surface area contributed by atoms with Crippen molar-refractivity contribution in [3.8, 4) is 11.1 Å². The van der Waals surface area contributed by atoms with Gasteiger partial charge in [-0.1, -0.05) is 11.6 Å². The Labute approximate surface area is 169 Å². The van der Waals surface area contributed by atoms with Crippen LogP contribution in [0.25, 0.3) is 11.1 Å². The van der Waals surface area contributed by atoms with Crippen LogP contribution in [-0.4, -0.2) is 26.0 Å². The van der Waals surface area contributed by atoms with E-state index >= 15 is 0 Å². The van der Waals surface area contributed by atoms with Crippen molar-refractivity contribution in [1.82, 2.24) is 15.0 Å². The van der Waals surface area contributed by atoms with Crippen molar-refractivity contribution in [1.29, 1.82) is 0 Å². The number of hydrogen-bond acceptors (Lipinski definition) is 8. The van der Waals surface area contributed by atoms with Crippen molar-refractivity contribution < 1.29 is 14.3 Å². The molecule has 29 heavy (non-hydrogen) atoms. The number of carboxylic acids is 1. The quantitative estimate of drug-likeness (QED) is 0.352. The molecular weight excluding hydrogens is 401 g/mol. The topological polar surface area (TPSA) is 143 Å². The van der Waals surface area contributed by atoms with Gasteiger partial charge in [-0.05, 0) is 24.3 Å². The third-order valence-corrected chi connectivity index (χ3v) is 4.02. The summed E-state index contributed by atoms with van der Waals surface area (Å²) in [7, 11) is 0. The molecule has 6 N–H and O–H groups in total. The fourth-order valence-corrected chi connectivity index (χ4v) is 2.58. The highest BCUT2D eigenvalue weighted by Crippen LogP contribution is 2.30. The van der Waals surface area contributed by atoms with Gasteiger partial charge in [0.25, 0.3) is 0 Å². The highest BCUT2D eigenvalue weighted by atomic mass is 35.5. The molecule has 2 heterocycles. The van der Waals surface area contributed by atoms with E-state index in [-0.39, 0.29) is 22.4 Å². The predicted molar refractivity (Wildman–Crippen MR) is 107 cm³/mol. The van der Waals surface area contributed by atoms with Crippen LogP contribution in [0.15, 0.2) is 55.3 Å². The van der Waals surface area contributed by atoms with E-state index in [4.69, 9.17) is 23.2 Å². The molecule has 3 aromatic rings. The third-order valence-electron chi connectivity index (χ3n) is 3.73. The average molecular weight is 416 g/mol. The lowest BCUT2D eigenvalue weighted by atomic mass is 10.1. The molecule has 0 aliphatic carbocycles. The predicted octanol–water partition coefficient (Wildman–Crippen LogP) is 2.88. The van der Waals surface area contributed by atoms with Gasteiger partial charge in [-0.3, -0.25) is 9.99 Å². The molecule has 0 fully saturated rings. The van der Waals surface area contributed by atoms with Crippen molar-refractivity contribution in [3.05, 3.63) is 71.7 Å². The standard InChI is InChI=1S/C18H15ClFN7O2/c19-14-6-12(1-2-15(14)20)25-18-24-9-13(16(26-18)27(22)4-3-21)10-5-11(17(28)29)8-23-7-10/h1-9H,21-22H2,(H,28,29)(H,24,25,26)/b4-3-. The minimum Gasteiger partial charge on any atom is -0.478 e. The number of anilines is 3. The number of hydrogen-bond donors (Lipinski definition) is 4. The van der Waals surface area contributed by atoms with Crippen LogP contribution in [0.4, 0.5) is 21.8 Å². The van der Waals surface area contributed by atoms with Crippen LogP contribution < -0.4 is 21.9 Å². The molecule has 0 aliphatic heterocycles. The first-order valence-electron chi connectivity index (χ1n) is 8.09. The molecule has 0 aliphatic rings. The minimum atomic E-state index is -1.13. The fourth-order valence-electron chi connectivity index (χ4n) is 2.40. The van der Waals surface area contributed by atoms with Gasteiger partial charge in [0.1, 0.15) is 5.82 Å². The van der Waals surface area contributed by atoms with E-state index in [0.717, 1.165) is 5.01 Å². The number of pyridine rings is 1. The van der Waals surface area contributed by atoms with Crippen LogP contribution >= 0.6 is 11.6 Å². The summed E-state index contributed by atoms with van der Waals surface area (Å²) in [5, 5.41) is 13.2. The lowest BCUT2D eigenvalue weighted by molar-refractivity contribution is 0.0696. The lowest BCUT2D eigenvalue weighted by Crippen LogP contribution is -2.26. The van der Waals surface area contributed by atoms with E-state index in [1.165, 1.54) is 55.3 Å². The molecule has 2 aromatic heterocycles. The Hall–Kier alpha value is -3.76. The number of carboxylic acid groups (broad SMARTS) is 1. The monoisotopic (exact) mass is 415 g/mol. The molecule has 0 saturated carbocycles. The number of benzene rings is 1. The van der Waals surface area contributed by atoms with Crippen LogP contribution in [0.2, 0.25) is 5.02 Å². The van der Waals surface area contributed by atoms with Gasteiger partial charge in [-0.2, -0.15) is 4.98 Å². The van der Waals surface area contributed by atoms with E-state index in [1.54, 1.807) is 0 Å². The number of nitrogens with two attached hydrogens (primary N) is 2. The Morgan fingerprint density at radius 1 is 1.28 bits per heavy atom. The SMILES string of the molecule is N/C=C\N(N)c1nc(Nc2ccc(F)c(Cl)c2)ncc1-c1cncc(C(=O)O)c1. The van der Waals surface area contributed by atoms with E-state index in [1.807, 2.05) is 0 Å². The number of aromatic nitrogens is 3. The molecule has 1 aromatic carbocycles. The van der Waals surface area contributed by atoms with Gasteiger partial charge in [0, 0.05) is 47.8 Å². The first-order chi connectivity index (χ1) is 13.9. The fraction of sp³-hybridized carbons (Fsp3) is 0. The maximum Gasteiger partial charge on any atom is 0.337 e. The molecular formula is C18H15ClFN7O2. The zero-order valence-corrected chi connectivity index (χ0v) is 15.5. The molecule has 0 atom stereocenters. The zero-order valence-electron chi connectivity index (χ0n) is 14.8. The number of carbonyl (C=O) groups is 1. The van der Waals surface area contributed by atoms with E-state index < -0.39 is 11.8 Å². The van der Waals surface area contributed by atoms with Gasteiger partial charge in [-0.25, -0.2) is 20.0 Å². The van der Waals surface area contributed by atoms with E-state index in [0.29, 0.717) is 16.8 Å². The summed E-state index contributed by atoms with van der Waals surface area (Å²) in [5.41, 5.74) is 6.73. The highest BCUT2D eigenvalue weighted by Gasteiger charge is 2.15. The molecule has 0 unspecified atom stereocenters. The molecule has 0 spiro atoms. The second-order valence-electron chi connectivity index (χ2n) is 5.70. The van der Waals surface area contributed by atoms with Gasteiger partial charge in [0.15, 0.2) is 5.82 Å². The number of rotatable bonds is 6.